The van der Waals surface area contributed by atoms with Gasteiger partial charge in [-0.2, -0.15) is 0 Å². The summed E-state index contributed by atoms with van der Waals surface area (Å²) >= 11 is 3.33. The highest BCUT2D eigenvalue weighted by Crippen LogP contribution is 2.11. The van der Waals surface area contributed by atoms with E-state index in [9.17, 15) is 4.79 Å². The van der Waals surface area contributed by atoms with Crippen LogP contribution in [0, 0.1) is 6.92 Å². The van der Waals surface area contributed by atoms with E-state index in [1.807, 2.05) is 37.3 Å². The fraction of sp³-hybridized carbons (Fsp3) is 0.0769. The number of carbonyl (C=O) groups is 1. The molecule has 17 heavy (non-hydrogen) atoms. The third-order valence-electron chi connectivity index (χ3n) is 2.30. The van der Waals surface area contributed by atoms with E-state index in [1.165, 1.54) is 0 Å². The standard InChI is InChI=1S/C13H11BrN2O/c1-9-3-2-4-12(15-9)16-13(17)10-5-7-11(14)8-6-10/h2-8H,1H3,(H,15,16,17)/p+1. The molecule has 0 aliphatic rings. The Balaban J connectivity index is 2.14. The lowest BCUT2D eigenvalue weighted by molar-refractivity contribution is -0.370. The molecule has 0 radical (unpaired) electrons. The zero-order chi connectivity index (χ0) is 12.3. The molecule has 1 aromatic heterocycles. The maximum Gasteiger partial charge on any atom is 0.339 e. The van der Waals surface area contributed by atoms with Crippen LogP contribution in [-0.4, -0.2) is 5.91 Å². The number of amides is 1. The largest absolute Gasteiger partial charge is 0.339 e. The van der Waals surface area contributed by atoms with E-state index >= 15 is 0 Å². The van der Waals surface area contributed by atoms with E-state index in [-0.39, 0.29) is 5.91 Å². The fourth-order valence-electron chi connectivity index (χ4n) is 1.45. The minimum atomic E-state index is -0.126. The summed E-state index contributed by atoms with van der Waals surface area (Å²) in [6.45, 7) is 1.94. The van der Waals surface area contributed by atoms with Gasteiger partial charge < -0.3 is 0 Å². The minimum Gasteiger partial charge on any atom is -0.245 e. The molecule has 0 aliphatic heterocycles. The molecule has 0 aliphatic carbocycles. The molecule has 0 saturated carbocycles. The lowest BCUT2D eigenvalue weighted by Crippen LogP contribution is -2.20. The van der Waals surface area contributed by atoms with Gasteiger partial charge in [-0.05, 0) is 37.3 Å². The number of anilines is 1. The van der Waals surface area contributed by atoms with E-state index in [0.717, 1.165) is 10.2 Å². The zero-order valence-electron chi connectivity index (χ0n) is 9.33. The van der Waals surface area contributed by atoms with Crippen LogP contribution in [0.15, 0.2) is 46.9 Å². The number of nitrogens with one attached hydrogen (secondary N) is 2. The van der Waals surface area contributed by atoms with Gasteiger partial charge in [-0.15, -0.1) is 0 Å². The van der Waals surface area contributed by atoms with Crippen molar-refractivity contribution in [2.75, 3.05) is 5.32 Å². The van der Waals surface area contributed by atoms with E-state index in [1.54, 1.807) is 12.1 Å². The van der Waals surface area contributed by atoms with Crippen LogP contribution in [-0.2, 0) is 0 Å². The highest BCUT2D eigenvalue weighted by molar-refractivity contribution is 9.10. The van der Waals surface area contributed by atoms with Gasteiger partial charge >= 0.3 is 5.91 Å². The molecule has 0 saturated heterocycles. The van der Waals surface area contributed by atoms with Gasteiger partial charge in [0.15, 0.2) is 0 Å². The van der Waals surface area contributed by atoms with Crippen molar-refractivity contribution in [1.29, 1.82) is 0 Å². The van der Waals surface area contributed by atoms with Gasteiger partial charge in [0.2, 0.25) is 0 Å². The number of aromatic amines is 1. The summed E-state index contributed by atoms with van der Waals surface area (Å²) in [6, 6.07) is 12.9. The van der Waals surface area contributed by atoms with Crippen molar-refractivity contribution in [3.8, 4) is 0 Å². The summed E-state index contributed by atoms with van der Waals surface area (Å²) in [5.41, 5.74) is 1.63. The molecular weight excluding hydrogens is 280 g/mol. The lowest BCUT2D eigenvalue weighted by atomic mass is 10.2. The Morgan fingerprint density at radius 3 is 2.53 bits per heavy atom. The second-order valence-electron chi connectivity index (χ2n) is 3.71. The molecule has 0 fully saturated rings. The summed E-state index contributed by atoms with van der Waals surface area (Å²) in [6.07, 6.45) is 0. The number of pyridine rings is 1. The average molecular weight is 292 g/mol. The topological polar surface area (TPSA) is 43.2 Å². The highest BCUT2D eigenvalue weighted by atomic mass is 79.9. The SMILES string of the molecule is Cc1cccc(NC(=O)c2ccc(Br)cc2)[nH+]1. The van der Waals surface area contributed by atoms with Crippen molar-refractivity contribution >= 4 is 27.7 Å². The van der Waals surface area contributed by atoms with Gasteiger partial charge in [-0.25, -0.2) is 15.1 Å². The quantitative estimate of drug-likeness (QED) is 0.908. The van der Waals surface area contributed by atoms with Crippen LogP contribution in [0.3, 0.4) is 0 Å². The third kappa shape index (κ3) is 3.14. The monoisotopic (exact) mass is 291 g/mol. The van der Waals surface area contributed by atoms with E-state index in [2.05, 4.69) is 26.2 Å². The van der Waals surface area contributed by atoms with Gasteiger partial charge in [-0.1, -0.05) is 22.0 Å². The molecule has 1 amide bonds. The number of hydrogen-bond acceptors (Lipinski definition) is 1. The second kappa shape index (κ2) is 5.10. The number of benzene rings is 1. The van der Waals surface area contributed by atoms with Crippen LogP contribution in [0.4, 0.5) is 5.82 Å². The summed E-state index contributed by atoms with van der Waals surface area (Å²) in [4.78, 5) is 15.0. The normalized spacial score (nSPS) is 10.0. The lowest BCUT2D eigenvalue weighted by Gasteiger charge is -1.99. The van der Waals surface area contributed by atoms with Crippen LogP contribution in [0.1, 0.15) is 16.1 Å². The average Bonchev–Trinajstić information content (AvgIpc) is 2.29. The molecule has 2 N–H and O–H groups in total. The number of H-pyrrole nitrogens is 1. The first-order valence-electron chi connectivity index (χ1n) is 5.21. The van der Waals surface area contributed by atoms with Crippen molar-refractivity contribution in [2.24, 2.45) is 0 Å². The summed E-state index contributed by atoms with van der Waals surface area (Å²) in [7, 11) is 0. The Hall–Kier alpha value is -1.68. The van der Waals surface area contributed by atoms with Crippen molar-refractivity contribution in [1.82, 2.24) is 0 Å². The number of aryl methyl sites for hydroxylation is 1. The Morgan fingerprint density at radius 2 is 1.88 bits per heavy atom. The minimum absolute atomic E-state index is 0.126. The van der Waals surface area contributed by atoms with Gasteiger partial charge in [-0.3, -0.25) is 0 Å². The summed E-state index contributed by atoms with van der Waals surface area (Å²) in [5.74, 6) is 0.567. The molecular formula is C13H12BrN2O+. The van der Waals surface area contributed by atoms with Crippen LogP contribution in [0.25, 0.3) is 0 Å². The van der Waals surface area contributed by atoms with Crippen molar-refractivity contribution in [3.63, 3.8) is 0 Å². The smallest absolute Gasteiger partial charge is 0.245 e. The Labute approximate surface area is 108 Å². The van der Waals surface area contributed by atoms with Crippen molar-refractivity contribution < 1.29 is 9.78 Å². The molecule has 1 heterocycles. The van der Waals surface area contributed by atoms with Crippen LogP contribution < -0.4 is 10.3 Å². The molecule has 86 valence electrons. The fourth-order valence-corrected chi connectivity index (χ4v) is 1.72. The van der Waals surface area contributed by atoms with E-state index < -0.39 is 0 Å². The second-order valence-corrected chi connectivity index (χ2v) is 4.62. The Bertz CT molecular complexity index is 537. The Morgan fingerprint density at radius 1 is 1.18 bits per heavy atom. The first kappa shape index (κ1) is 11.8. The number of aromatic nitrogens is 1. The predicted molar refractivity (Wildman–Crippen MR) is 69.8 cm³/mol. The molecule has 0 unspecified atom stereocenters. The molecule has 2 aromatic rings. The molecule has 1 aromatic carbocycles. The molecule has 4 heteroatoms. The van der Waals surface area contributed by atoms with Crippen molar-refractivity contribution in [2.45, 2.75) is 6.92 Å². The summed E-state index contributed by atoms with van der Waals surface area (Å²) < 4.78 is 0.955. The zero-order valence-corrected chi connectivity index (χ0v) is 10.9. The molecule has 2 rings (SSSR count). The van der Waals surface area contributed by atoms with Crippen LogP contribution in [0.2, 0.25) is 0 Å². The maximum atomic E-state index is 11.9. The van der Waals surface area contributed by atoms with Crippen LogP contribution >= 0.6 is 15.9 Å². The number of halogens is 1. The molecule has 0 spiro atoms. The molecule has 0 atom stereocenters. The Kier molecular flexibility index (Phi) is 3.54. The van der Waals surface area contributed by atoms with E-state index in [4.69, 9.17) is 0 Å². The van der Waals surface area contributed by atoms with Crippen molar-refractivity contribution in [3.05, 3.63) is 58.2 Å². The first-order valence-corrected chi connectivity index (χ1v) is 6.00. The van der Waals surface area contributed by atoms with E-state index in [0.29, 0.717) is 11.4 Å². The highest BCUT2D eigenvalue weighted by Gasteiger charge is 2.12. The first-order chi connectivity index (χ1) is 8.15. The predicted octanol–water partition coefficient (Wildman–Crippen LogP) is 2.82. The van der Waals surface area contributed by atoms with Gasteiger partial charge in [0.1, 0.15) is 0 Å². The number of hydrogen-bond donors (Lipinski definition) is 1. The molecule has 3 nitrogen and oxygen atoms in total. The van der Waals surface area contributed by atoms with Crippen LogP contribution in [0.5, 0.6) is 0 Å². The van der Waals surface area contributed by atoms with Gasteiger partial charge in [0.05, 0.1) is 11.3 Å². The maximum absolute atomic E-state index is 11.9. The number of carbonyl (C=O) groups excluding carboxylic acids is 1. The molecule has 0 bridgehead atoms. The van der Waals surface area contributed by atoms with Gasteiger partial charge in [0.25, 0.3) is 5.82 Å². The number of rotatable bonds is 2. The third-order valence-corrected chi connectivity index (χ3v) is 2.82. The summed E-state index contributed by atoms with van der Waals surface area (Å²) in [5, 5.41) is 2.81. The van der Waals surface area contributed by atoms with Gasteiger partial charge in [0, 0.05) is 10.5 Å².